The molecule has 0 aromatic heterocycles. The standard InChI is InChI=1S/C17H17N3O6/c1-24-13-6-9(7-14(25-2)15(13)26-3)16-18-12-5-4-10(20(22)23)8-11(12)17(21)19-16/h4-8,16,18H,1-3H3,(H,19,21)/t16-/m0/s1. The van der Waals surface area contributed by atoms with E-state index in [-0.39, 0.29) is 11.3 Å². The van der Waals surface area contributed by atoms with Crippen molar-refractivity contribution < 1.29 is 23.9 Å². The summed E-state index contributed by atoms with van der Waals surface area (Å²) in [7, 11) is 4.51. The van der Waals surface area contributed by atoms with Crippen LogP contribution in [-0.4, -0.2) is 32.2 Å². The Morgan fingerprint density at radius 1 is 1.00 bits per heavy atom. The van der Waals surface area contributed by atoms with Gasteiger partial charge in [0.15, 0.2) is 11.5 Å². The van der Waals surface area contributed by atoms with Gasteiger partial charge in [0.2, 0.25) is 5.75 Å². The Bertz CT molecular complexity index is 858. The van der Waals surface area contributed by atoms with Crippen LogP contribution in [0.5, 0.6) is 17.2 Å². The molecule has 9 heteroatoms. The van der Waals surface area contributed by atoms with Crippen LogP contribution in [0.15, 0.2) is 30.3 Å². The zero-order chi connectivity index (χ0) is 18.8. The van der Waals surface area contributed by atoms with Gasteiger partial charge in [-0.3, -0.25) is 14.9 Å². The van der Waals surface area contributed by atoms with E-state index in [0.717, 1.165) is 0 Å². The molecule has 1 aliphatic rings. The molecule has 3 rings (SSSR count). The monoisotopic (exact) mass is 359 g/mol. The van der Waals surface area contributed by atoms with Crippen LogP contribution in [0.1, 0.15) is 22.1 Å². The van der Waals surface area contributed by atoms with Crippen molar-refractivity contribution in [1.82, 2.24) is 5.32 Å². The fourth-order valence-electron chi connectivity index (χ4n) is 2.79. The van der Waals surface area contributed by atoms with E-state index < -0.39 is 17.0 Å². The quantitative estimate of drug-likeness (QED) is 0.623. The van der Waals surface area contributed by atoms with Crippen LogP contribution in [-0.2, 0) is 0 Å². The number of non-ortho nitro benzene ring substituents is 1. The van der Waals surface area contributed by atoms with E-state index >= 15 is 0 Å². The number of ether oxygens (including phenoxy) is 3. The lowest BCUT2D eigenvalue weighted by molar-refractivity contribution is -0.384. The summed E-state index contributed by atoms with van der Waals surface area (Å²) in [4.78, 5) is 22.8. The van der Waals surface area contributed by atoms with Crippen LogP contribution in [0.3, 0.4) is 0 Å². The van der Waals surface area contributed by atoms with Crippen molar-refractivity contribution in [3.63, 3.8) is 0 Å². The topological polar surface area (TPSA) is 112 Å². The van der Waals surface area contributed by atoms with Crippen molar-refractivity contribution in [3.05, 3.63) is 51.6 Å². The van der Waals surface area contributed by atoms with E-state index in [1.54, 1.807) is 12.1 Å². The number of methoxy groups -OCH3 is 3. The minimum Gasteiger partial charge on any atom is -0.493 e. The van der Waals surface area contributed by atoms with Gasteiger partial charge in [-0.05, 0) is 18.2 Å². The zero-order valence-electron chi connectivity index (χ0n) is 14.4. The summed E-state index contributed by atoms with van der Waals surface area (Å²) in [6, 6.07) is 7.53. The predicted molar refractivity (Wildman–Crippen MR) is 93.0 cm³/mol. The molecule has 26 heavy (non-hydrogen) atoms. The first-order valence-electron chi connectivity index (χ1n) is 7.64. The highest BCUT2D eigenvalue weighted by atomic mass is 16.6. The van der Waals surface area contributed by atoms with Crippen molar-refractivity contribution >= 4 is 17.3 Å². The maximum atomic E-state index is 12.4. The third kappa shape index (κ3) is 2.94. The number of carbonyl (C=O) groups is 1. The normalized spacial score (nSPS) is 15.3. The molecule has 2 aromatic rings. The number of carbonyl (C=O) groups excluding carboxylic acids is 1. The summed E-state index contributed by atoms with van der Waals surface area (Å²) in [5, 5.41) is 16.8. The van der Waals surface area contributed by atoms with Crippen molar-refractivity contribution in [2.75, 3.05) is 26.6 Å². The maximum Gasteiger partial charge on any atom is 0.270 e. The Hall–Kier alpha value is -3.49. The van der Waals surface area contributed by atoms with E-state index in [9.17, 15) is 14.9 Å². The molecule has 0 aliphatic carbocycles. The van der Waals surface area contributed by atoms with Crippen molar-refractivity contribution in [3.8, 4) is 17.2 Å². The number of anilines is 1. The number of nitro benzene ring substituents is 1. The van der Waals surface area contributed by atoms with Gasteiger partial charge in [0.05, 0.1) is 31.8 Å². The molecule has 9 nitrogen and oxygen atoms in total. The van der Waals surface area contributed by atoms with Crippen LogP contribution in [0.4, 0.5) is 11.4 Å². The van der Waals surface area contributed by atoms with Crippen LogP contribution < -0.4 is 24.8 Å². The van der Waals surface area contributed by atoms with E-state index in [2.05, 4.69) is 10.6 Å². The number of rotatable bonds is 5. The summed E-state index contributed by atoms with van der Waals surface area (Å²) in [5.41, 5.74) is 1.24. The molecule has 2 N–H and O–H groups in total. The number of fused-ring (bicyclic) bond motifs is 1. The first kappa shape index (κ1) is 17.3. The van der Waals surface area contributed by atoms with Gasteiger partial charge in [0, 0.05) is 23.4 Å². The molecule has 0 saturated carbocycles. The highest BCUT2D eigenvalue weighted by Crippen LogP contribution is 2.40. The molecule has 136 valence electrons. The molecular weight excluding hydrogens is 342 g/mol. The SMILES string of the molecule is COc1cc([C@@H]2NC(=O)c3cc([N+](=O)[O-])ccc3N2)cc(OC)c1OC. The minimum atomic E-state index is -0.565. The van der Waals surface area contributed by atoms with Gasteiger partial charge >= 0.3 is 0 Å². The molecule has 1 atom stereocenters. The van der Waals surface area contributed by atoms with Gasteiger partial charge in [0.25, 0.3) is 11.6 Å². The zero-order valence-corrected chi connectivity index (χ0v) is 14.4. The molecule has 0 unspecified atom stereocenters. The largest absolute Gasteiger partial charge is 0.493 e. The highest BCUT2D eigenvalue weighted by Gasteiger charge is 2.28. The number of nitrogens with one attached hydrogen (secondary N) is 2. The van der Waals surface area contributed by atoms with Crippen LogP contribution in [0, 0.1) is 10.1 Å². The Morgan fingerprint density at radius 2 is 1.65 bits per heavy atom. The Kier molecular flexibility index (Phi) is 4.53. The molecule has 1 amide bonds. The van der Waals surface area contributed by atoms with Crippen LogP contribution in [0.2, 0.25) is 0 Å². The average molecular weight is 359 g/mol. The second-order valence-corrected chi connectivity index (χ2v) is 5.50. The van der Waals surface area contributed by atoms with Crippen LogP contribution >= 0.6 is 0 Å². The third-order valence-electron chi connectivity index (χ3n) is 4.05. The van der Waals surface area contributed by atoms with E-state index in [1.807, 2.05) is 0 Å². The lowest BCUT2D eigenvalue weighted by Gasteiger charge is -2.28. The molecular formula is C17H17N3O6. The van der Waals surface area contributed by atoms with E-state index in [4.69, 9.17) is 14.2 Å². The molecule has 2 aromatic carbocycles. The van der Waals surface area contributed by atoms with Crippen molar-refractivity contribution in [2.45, 2.75) is 6.17 Å². The Balaban J connectivity index is 1.99. The van der Waals surface area contributed by atoms with E-state index in [0.29, 0.717) is 28.5 Å². The Morgan fingerprint density at radius 3 is 2.19 bits per heavy atom. The molecule has 0 saturated heterocycles. The van der Waals surface area contributed by atoms with Gasteiger partial charge in [-0.25, -0.2) is 0 Å². The number of amides is 1. The minimum absolute atomic E-state index is 0.146. The number of nitrogens with zero attached hydrogens (tertiary/aromatic N) is 1. The smallest absolute Gasteiger partial charge is 0.270 e. The highest BCUT2D eigenvalue weighted by molar-refractivity contribution is 6.02. The van der Waals surface area contributed by atoms with Crippen molar-refractivity contribution in [2.24, 2.45) is 0 Å². The van der Waals surface area contributed by atoms with Gasteiger partial charge in [-0.1, -0.05) is 0 Å². The lowest BCUT2D eigenvalue weighted by Crippen LogP contribution is -2.38. The van der Waals surface area contributed by atoms with Gasteiger partial charge < -0.3 is 24.8 Å². The van der Waals surface area contributed by atoms with Crippen LogP contribution in [0.25, 0.3) is 0 Å². The number of hydrogen-bond acceptors (Lipinski definition) is 7. The molecule has 0 radical (unpaired) electrons. The van der Waals surface area contributed by atoms with Gasteiger partial charge in [0.1, 0.15) is 6.17 Å². The Labute approximate surface area is 149 Å². The first-order chi connectivity index (χ1) is 12.5. The average Bonchev–Trinajstić information content (AvgIpc) is 2.66. The lowest BCUT2D eigenvalue weighted by atomic mass is 10.0. The second-order valence-electron chi connectivity index (χ2n) is 5.50. The number of nitro groups is 1. The fraction of sp³-hybridized carbons (Fsp3) is 0.235. The summed E-state index contributed by atoms with van der Waals surface area (Å²) in [5.74, 6) is 0.929. The summed E-state index contributed by atoms with van der Waals surface area (Å²) < 4.78 is 15.9. The molecule has 1 heterocycles. The summed E-state index contributed by atoms with van der Waals surface area (Å²) >= 11 is 0. The second kappa shape index (κ2) is 6.79. The van der Waals surface area contributed by atoms with Gasteiger partial charge in [-0.15, -0.1) is 0 Å². The molecule has 0 fully saturated rings. The summed E-state index contributed by atoms with van der Waals surface area (Å²) in [6.07, 6.45) is -0.565. The number of hydrogen-bond donors (Lipinski definition) is 2. The molecule has 0 bridgehead atoms. The number of benzene rings is 2. The molecule has 0 spiro atoms. The molecule has 1 aliphatic heterocycles. The first-order valence-corrected chi connectivity index (χ1v) is 7.64. The summed E-state index contributed by atoms with van der Waals surface area (Å²) in [6.45, 7) is 0. The third-order valence-corrected chi connectivity index (χ3v) is 4.05. The van der Waals surface area contributed by atoms with Gasteiger partial charge in [-0.2, -0.15) is 0 Å². The van der Waals surface area contributed by atoms with E-state index in [1.165, 1.54) is 39.5 Å². The fourth-order valence-corrected chi connectivity index (χ4v) is 2.79. The maximum absolute atomic E-state index is 12.4. The predicted octanol–water partition coefficient (Wildman–Crippen LogP) is 2.47. The van der Waals surface area contributed by atoms with Crippen molar-refractivity contribution in [1.29, 1.82) is 0 Å².